The molecule has 1 amide bonds. The summed E-state index contributed by atoms with van der Waals surface area (Å²) in [6.07, 6.45) is 2.24. The Morgan fingerprint density at radius 2 is 2.16 bits per heavy atom. The number of rotatable bonds is 4. The van der Waals surface area contributed by atoms with Gasteiger partial charge < -0.3 is 4.90 Å². The minimum atomic E-state index is -0.291. The van der Waals surface area contributed by atoms with Crippen molar-refractivity contribution in [3.63, 3.8) is 0 Å². The van der Waals surface area contributed by atoms with Crippen LogP contribution in [0.4, 0.5) is 4.39 Å². The molecule has 3 heterocycles. The second-order valence-electron chi connectivity index (χ2n) is 6.05. The Labute approximate surface area is 148 Å². The number of thiophene rings is 1. The largest absolute Gasteiger partial charge is 0.332 e. The van der Waals surface area contributed by atoms with Gasteiger partial charge in [-0.15, -0.1) is 11.3 Å². The highest BCUT2D eigenvalue weighted by atomic mass is 32.1. The van der Waals surface area contributed by atoms with E-state index in [0.717, 1.165) is 29.8 Å². The first kappa shape index (κ1) is 16.0. The van der Waals surface area contributed by atoms with E-state index in [1.54, 1.807) is 23.5 Å². The Hall–Kier alpha value is -2.54. The molecule has 5 nitrogen and oxygen atoms in total. The molecule has 1 N–H and O–H groups in total. The van der Waals surface area contributed by atoms with Gasteiger partial charge in [0.25, 0.3) is 0 Å². The highest BCUT2D eigenvalue weighted by Crippen LogP contribution is 2.31. The average Bonchev–Trinajstić information content (AvgIpc) is 3.36. The molecule has 0 radical (unpaired) electrons. The van der Waals surface area contributed by atoms with Crippen molar-refractivity contribution in [3.8, 4) is 11.4 Å². The van der Waals surface area contributed by atoms with Crippen LogP contribution in [0, 0.1) is 5.82 Å². The summed E-state index contributed by atoms with van der Waals surface area (Å²) >= 11 is 1.60. The fraction of sp³-hybridized carbons (Fsp3) is 0.278. The van der Waals surface area contributed by atoms with Crippen molar-refractivity contribution >= 4 is 17.2 Å². The van der Waals surface area contributed by atoms with Gasteiger partial charge in [-0.05, 0) is 48.6 Å². The lowest BCUT2D eigenvalue weighted by Gasteiger charge is -2.22. The van der Waals surface area contributed by atoms with E-state index in [4.69, 9.17) is 0 Å². The minimum Gasteiger partial charge on any atom is -0.332 e. The van der Waals surface area contributed by atoms with Crippen LogP contribution in [-0.2, 0) is 11.2 Å². The van der Waals surface area contributed by atoms with E-state index in [0.29, 0.717) is 18.1 Å². The molecule has 0 bridgehead atoms. The number of carbonyl (C=O) groups excluding carboxylic acids is 1. The van der Waals surface area contributed by atoms with Gasteiger partial charge in [0.1, 0.15) is 11.6 Å². The van der Waals surface area contributed by atoms with Gasteiger partial charge in [-0.2, -0.15) is 5.10 Å². The van der Waals surface area contributed by atoms with E-state index >= 15 is 0 Å². The van der Waals surface area contributed by atoms with E-state index in [1.807, 2.05) is 22.4 Å². The molecule has 128 valence electrons. The lowest BCUT2D eigenvalue weighted by molar-refractivity contribution is -0.131. The zero-order valence-corrected chi connectivity index (χ0v) is 14.3. The van der Waals surface area contributed by atoms with Crippen LogP contribution < -0.4 is 0 Å². The van der Waals surface area contributed by atoms with Crippen LogP contribution in [0.15, 0.2) is 41.8 Å². The third-order valence-electron chi connectivity index (χ3n) is 4.40. The number of nitrogens with zero attached hydrogens (tertiary/aromatic N) is 3. The smallest absolute Gasteiger partial charge is 0.228 e. The second-order valence-corrected chi connectivity index (χ2v) is 7.08. The summed E-state index contributed by atoms with van der Waals surface area (Å²) in [7, 11) is 0. The molecule has 1 aliphatic rings. The van der Waals surface area contributed by atoms with Crippen molar-refractivity contribution < 1.29 is 9.18 Å². The molecule has 25 heavy (non-hydrogen) atoms. The summed E-state index contributed by atoms with van der Waals surface area (Å²) < 4.78 is 13.1. The quantitative estimate of drug-likeness (QED) is 0.777. The van der Waals surface area contributed by atoms with E-state index in [9.17, 15) is 9.18 Å². The summed E-state index contributed by atoms with van der Waals surface area (Å²) in [6, 6.07) is 9.94. The average molecular weight is 356 g/mol. The Balaban J connectivity index is 1.52. The molecule has 0 unspecified atom stereocenters. The molecule has 1 fully saturated rings. The standard InChI is InChI=1S/C18H17FN4OS/c19-13-7-5-12(6-8-13)17-20-18(22-21-17)15-4-1-9-23(15)16(24)11-14-3-2-10-25-14/h2-3,5-8,10,15H,1,4,9,11H2,(H,20,21,22)/t15-/m0/s1. The second kappa shape index (κ2) is 6.76. The van der Waals surface area contributed by atoms with Gasteiger partial charge in [-0.25, -0.2) is 9.37 Å². The summed E-state index contributed by atoms with van der Waals surface area (Å²) in [5.74, 6) is 1.04. The molecule has 7 heteroatoms. The maximum atomic E-state index is 13.1. The molecule has 1 saturated heterocycles. The van der Waals surface area contributed by atoms with Crippen molar-refractivity contribution in [2.45, 2.75) is 25.3 Å². The molecule has 0 saturated carbocycles. The fourth-order valence-electron chi connectivity index (χ4n) is 3.16. The number of halogens is 1. The van der Waals surface area contributed by atoms with Crippen LogP contribution in [0.2, 0.25) is 0 Å². The molecule has 0 spiro atoms. The van der Waals surface area contributed by atoms with E-state index in [2.05, 4.69) is 15.2 Å². The van der Waals surface area contributed by atoms with E-state index in [1.165, 1.54) is 12.1 Å². The molecule has 1 atom stereocenters. The molecular weight excluding hydrogens is 339 g/mol. The first-order chi connectivity index (χ1) is 12.2. The third-order valence-corrected chi connectivity index (χ3v) is 5.28. The predicted octanol–water partition coefficient (Wildman–Crippen LogP) is 3.58. The van der Waals surface area contributed by atoms with Crippen LogP contribution in [0.3, 0.4) is 0 Å². The third kappa shape index (κ3) is 3.32. The Kier molecular flexibility index (Phi) is 4.31. The molecule has 3 aromatic rings. The number of aromatic amines is 1. The lowest BCUT2D eigenvalue weighted by Crippen LogP contribution is -2.32. The summed E-state index contributed by atoms with van der Waals surface area (Å²) in [6.45, 7) is 0.738. The van der Waals surface area contributed by atoms with Gasteiger partial charge >= 0.3 is 0 Å². The maximum absolute atomic E-state index is 13.1. The summed E-state index contributed by atoms with van der Waals surface area (Å²) in [5.41, 5.74) is 0.748. The minimum absolute atomic E-state index is 0.0749. The number of likely N-dealkylation sites (tertiary alicyclic amines) is 1. The van der Waals surface area contributed by atoms with Crippen LogP contribution >= 0.6 is 11.3 Å². The first-order valence-corrected chi connectivity index (χ1v) is 9.09. The number of H-pyrrole nitrogens is 1. The molecule has 1 aliphatic heterocycles. The van der Waals surface area contributed by atoms with Gasteiger partial charge in [0.15, 0.2) is 5.82 Å². The van der Waals surface area contributed by atoms with Gasteiger partial charge in [-0.3, -0.25) is 9.89 Å². The highest BCUT2D eigenvalue weighted by Gasteiger charge is 2.32. The van der Waals surface area contributed by atoms with Gasteiger partial charge in [0.2, 0.25) is 5.91 Å². The number of hydrogen-bond donors (Lipinski definition) is 1. The van der Waals surface area contributed by atoms with Crippen molar-refractivity contribution in [1.29, 1.82) is 0 Å². The molecule has 0 aliphatic carbocycles. The van der Waals surface area contributed by atoms with Crippen molar-refractivity contribution in [1.82, 2.24) is 20.1 Å². The number of hydrogen-bond acceptors (Lipinski definition) is 4. The molecule has 4 rings (SSSR count). The van der Waals surface area contributed by atoms with E-state index in [-0.39, 0.29) is 17.8 Å². The Morgan fingerprint density at radius 1 is 1.32 bits per heavy atom. The SMILES string of the molecule is O=C(Cc1cccs1)N1CCC[C@H]1c1nc(-c2ccc(F)cc2)n[nH]1. The molecule has 1 aromatic carbocycles. The summed E-state index contributed by atoms with van der Waals surface area (Å²) in [5, 5.41) is 9.18. The normalized spacial score (nSPS) is 17.2. The molecular formula is C18H17FN4OS. The molecule has 2 aromatic heterocycles. The van der Waals surface area contributed by atoms with Gasteiger partial charge in [0, 0.05) is 17.0 Å². The van der Waals surface area contributed by atoms with E-state index < -0.39 is 0 Å². The number of nitrogens with one attached hydrogen (secondary N) is 1. The van der Waals surface area contributed by atoms with Gasteiger partial charge in [0.05, 0.1) is 12.5 Å². The zero-order valence-electron chi connectivity index (χ0n) is 13.5. The number of benzene rings is 1. The van der Waals surface area contributed by atoms with Crippen LogP contribution in [0.5, 0.6) is 0 Å². The maximum Gasteiger partial charge on any atom is 0.228 e. The lowest BCUT2D eigenvalue weighted by atomic mass is 10.2. The van der Waals surface area contributed by atoms with Gasteiger partial charge in [-0.1, -0.05) is 6.07 Å². The highest BCUT2D eigenvalue weighted by molar-refractivity contribution is 7.10. The Morgan fingerprint density at radius 3 is 2.92 bits per heavy atom. The number of amides is 1. The fourth-order valence-corrected chi connectivity index (χ4v) is 3.86. The van der Waals surface area contributed by atoms with Crippen molar-refractivity contribution in [2.24, 2.45) is 0 Å². The van der Waals surface area contributed by atoms with Crippen LogP contribution in [0.25, 0.3) is 11.4 Å². The monoisotopic (exact) mass is 356 g/mol. The Bertz CT molecular complexity index is 860. The number of carbonyl (C=O) groups is 1. The topological polar surface area (TPSA) is 61.9 Å². The van der Waals surface area contributed by atoms with Crippen molar-refractivity contribution in [3.05, 3.63) is 58.3 Å². The summed E-state index contributed by atoms with van der Waals surface area (Å²) in [4.78, 5) is 20.1. The zero-order chi connectivity index (χ0) is 17.2. The predicted molar refractivity (Wildman–Crippen MR) is 93.5 cm³/mol. The number of aromatic nitrogens is 3. The first-order valence-electron chi connectivity index (χ1n) is 8.21. The van der Waals surface area contributed by atoms with Crippen LogP contribution in [0.1, 0.15) is 29.6 Å². The van der Waals surface area contributed by atoms with Crippen LogP contribution in [-0.4, -0.2) is 32.5 Å². The van der Waals surface area contributed by atoms with Crippen molar-refractivity contribution in [2.75, 3.05) is 6.54 Å².